The summed E-state index contributed by atoms with van der Waals surface area (Å²) >= 11 is 8.06. The Labute approximate surface area is 103 Å². The lowest BCUT2D eigenvalue weighted by molar-refractivity contribution is -0.137. The molecular formula is C9H8Br2O2S. The number of hydrogen-bond acceptors (Lipinski definition) is 3. The predicted octanol–water partition coefficient (Wildman–Crippen LogP) is 3.81. The third kappa shape index (κ3) is 3.55. The third-order valence-corrected chi connectivity index (χ3v) is 3.52. The van der Waals surface area contributed by atoms with Crippen LogP contribution in [0.5, 0.6) is 0 Å². The molecule has 2 nitrogen and oxygen atoms in total. The molecule has 0 aliphatic heterocycles. The van der Waals surface area contributed by atoms with Crippen LogP contribution in [-0.4, -0.2) is 12.6 Å². The van der Waals surface area contributed by atoms with Gasteiger partial charge in [-0.3, -0.25) is 0 Å². The first kappa shape index (κ1) is 11.9. The van der Waals surface area contributed by atoms with Gasteiger partial charge in [-0.1, -0.05) is 0 Å². The van der Waals surface area contributed by atoms with Gasteiger partial charge in [0, 0.05) is 14.7 Å². The van der Waals surface area contributed by atoms with E-state index in [-0.39, 0.29) is 5.97 Å². The second kappa shape index (κ2) is 5.68. The minimum Gasteiger partial charge on any atom is -0.462 e. The number of rotatable bonds is 3. The molecule has 1 rings (SSSR count). The molecule has 14 heavy (non-hydrogen) atoms. The van der Waals surface area contributed by atoms with Gasteiger partial charge >= 0.3 is 5.97 Å². The lowest BCUT2D eigenvalue weighted by Gasteiger charge is -1.98. The lowest BCUT2D eigenvalue weighted by Crippen LogP contribution is -2.02. The SMILES string of the molecule is CCOC(=O)/C(Br)=C/c1cc(Br)cs1. The first-order valence-electron chi connectivity index (χ1n) is 3.92. The summed E-state index contributed by atoms with van der Waals surface area (Å²) < 4.78 is 6.27. The third-order valence-electron chi connectivity index (χ3n) is 1.33. The van der Waals surface area contributed by atoms with Gasteiger partial charge in [-0.15, -0.1) is 11.3 Å². The van der Waals surface area contributed by atoms with Gasteiger partial charge in [-0.05, 0) is 50.9 Å². The number of hydrogen-bond donors (Lipinski definition) is 0. The van der Waals surface area contributed by atoms with Gasteiger partial charge in [0.05, 0.1) is 6.61 Å². The zero-order chi connectivity index (χ0) is 10.6. The van der Waals surface area contributed by atoms with E-state index >= 15 is 0 Å². The Hall–Kier alpha value is -0.130. The van der Waals surface area contributed by atoms with Crippen LogP contribution >= 0.6 is 43.2 Å². The molecule has 5 heteroatoms. The molecular weight excluding hydrogens is 332 g/mol. The molecule has 0 aliphatic rings. The molecule has 0 amide bonds. The van der Waals surface area contributed by atoms with Crippen molar-refractivity contribution in [3.05, 3.63) is 25.3 Å². The van der Waals surface area contributed by atoms with Crippen LogP contribution in [0.1, 0.15) is 11.8 Å². The van der Waals surface area contributed by atoms with Gasteiger partial charge in [0.1, 0.15) is 4.48 Å². The largest absolute Gasteiger partial charge is 0.462 e. The highest BCUT2D eigenvalue weighted by Gasteiger charge is 2.06. The maximum atomic E-state index is 11.2. The van der Waals surface area contributed by atoms with Crippen LogP contribution in [0.25, 0.3) is 6.08 Å². The van der Waals surface area contributed by atoms with E-state index in [1.165, 1.54) is 0 Å². The van der Waals surface area contributed by atoms with Crippen molar-refractivity contribution in [1.29, 1.82) is 0 Å². The van der Waals surface area contributed by atoms with Crippen LogP contribution < -0.4 is 0 Å². The first-order chi connectivity index (χ1) is 6.63. The summed E-state index contributed by atoms with van der Waals surface area (Å²) in [5.41, 5.74) is 0. The Morgan fingerprint density at radius 2 is 2.43 bits per heavy atom. The minimum atomic E-state index is -0.336. The molecule has 0 spiro atoms. The summed E-state index contributed by atoms with van der Waals surface area (Å²) in [6.45, 7) is 2.16. The molecule has 0 fully saturated rings. The summed E-state index contributed by atoms with van der Waals surface area (Å²) in [4.78, 5) is 12.2. The zero-order valence-electron chi connectivity index (χ0n) is 7.42. The van der Waals surface area contributed by atoms with Crippen LogP contribution in [0.15, 0.2) is 20.4 Å². The maximum Gasteiger partial charge on any atom is 0.345 e. The molecule has 0 N–H and O–H groups in total. The fourth-order valence-corrected chi connectivity index (χ4v) is 2.68. The number of carbonyl (C=O) groups is 1. The van der Waals surface area contributed by atoms with Crippen LogP contribution in [-0.2, 0) is 9.53 Å². The lowest BCUT2D eigenvalue weighted by atomic mass is 10.4. The van der Waals surface area contributed by atoms with Crippen molar-refractivity contribution in [2.75, 3.05) is 6.61 Å². The number of carbonyl (C=O) groups excluding carboxylic acids is 1. The number of thiophene rings is 1. The fraction of sp³-hybridized carbons (Fsp3) is 0.222. The number of halogens is 2. The molecule has 0 aromatic carbocycles. The van der Waals surface area contributed by atoms with Crippen molar-refractivity contribution in [2.45, 2.75) is 6.92 Å². The first-order valence-corrected chi connectivity index (χ1v) is 6.38. The van der Waals surface area contributed by atoms with Crippen molar-refractivity contribution >= 4 is 55.2 Å². The normalized spacial score (nSPS) is 11.5. The highest BCUT2D eigenvalue weighted by molar-refractivity contribution is 9.12. The van der Waals surface area contributed by atoms with Crippen molar-refractivity contribution < 1.29 is 9.53 Å². The molecule has 0 radical (unpaired) electrons. The molecule has 1 aromatic heterocycles. The molecule has 1 heterocycles. The summed E-state index contributed by atoms with van der Waals surface area (Å²) in [6, 6.07) is 1.94. The Morgan fingerprint density at radius 1 is 1.71 bits per heavy atom. The Balaban J connectivity index is 2.73. The highest BCUT2D eigenvalue weighted by Crippen LogP contribution is 2.23. The maximum absolute atomic E-state index is 11.2. The molecule has 0 saturated heterocycles. The van der Waals surface area contributed by atoms with Crippen molar-refractivity contribution in [2.24, 2.45) is 0 Å². The van der Waals surface area contributed by atoms with Gasteiger partial charge in [-0.2, -0.15) is 0 Å². The number of esters is 1. The fourth-order valence-electron chi connectivity index (χ4n) is 0.788. The van der Waals surface area contributed by atoms with E-state index in [0.29, 0.717) is 11.1 Å². The average molecular weight is 340 g/mol. The highest BCUT2D eigenvalue weighted by atomic mass is 79.9. The summed E-state index contributed by atoms with van der Waals surface area (Å²) in [5, 5.41) is 1.96. The Kier molecular flexibility index (Phi) is 4.84. The Morgan fingerprint density at radius 3 is 2.93 bits per heavy atom. The Bertz CT molecular complexity index is 357. The van der Waals surface area contributed by atoms with Gasteiger partial charge in [0.2, 0.25) is 0 Å². The van der Waals surface area contributed by atoms with Gasteiger partial charge in [-0.25, -0.2) is 4.79 Å². The monoisotopic (exact) mass is 338 g/mol. The summed E-state index contributed by atoms with van der Waals surface area (Å²) in [7, 11) is 0. The molecule has 0 bridgehead atoms. The predicted molar refractivity (Wildman–Crippen MR) is 65.6 cm³/mol. The van der Waals surface area contributed by atoms with Crippen LogP contribution in [0.4, 0.5) is 0 Å². The number of ether oxygens (including phenoxy) is 1. The van der Waals surface area contributed by atoms with Gasteiger partial charge < -0.3 is 4.74 Å². The van der Waals surface area contributed by atoms with E-state index in [1.54, 1.807) is 24.3 Å². The van der Waals surface area contributed by atoms with E-state index in [2.05, 4.69) is 31.9 Å². The molecule has 0 saturated carbocycles. The quantitative estimate of drug-likeness (QED) is 0.618. The summed E-state index contributed by atoms with van der Waals surface area (Å²) in [6.07, 6.45) is 1.74. The van der Waals surface area contributed by atoms with E-state index in [4.69, 9.17) is 4.74 Å². The topological polar surface area (TPSA) is 26.3 Å². The molecule has 0 unspecified atom stereocenters. The molecule has 1 aromatic rings. The van der Waals surface area contributed by atoms with Gasteiger partial charge in [0.15, 0.2) is 0 Å². The van der Waals surface area contributed by atoms with E-state index < -0.39 is 0 Å². The van der Waals surface area contributed by atoms with E-state index in [0.717, 1.165) is 9.35 Å². The molecule has 0 atom stereocenters. The van der Waals surface area contributed by atoms with Crippen molar-refractivity contribution in [3.63, 3.8) is 0 Å². The average Bonchev–Trinajstić information content (AvgIpc) is 2.51. The molecule has 76 valence electrons. The smallest absolute Gasteiger partial charge is 0.345 e. The second-order valence-electron chi connectivity index (χ2n) is 2.38. The van der Waals surface area contributed by atoms with Crippen molar-refractivity contribution in [3.8, 4) is 0 Å². The van der Waals surface area contributed by atoms with E-state index in [1.807, 2.05) is 11.4 Å². The molecule has 0 aliphatic carbocycles. The standard InChI is InChI=1S/C9H8Br2O2S/c1-2-13-9(12)8(11)4-7-3-6(10)5-14-7/h3-5H,2H2,1H3/b8-4-. The van der Waals surface area contributed by atoms with Crippen LogP contribution in [0.2, 0.25) is 0 Å². The van der Waals surface area contributed by atoms with Crippen LogP contribution in [0, 0.1) is 0 Å². The zero-order valence-corrected chi connectivity index (χ0v) is 11.4. The van der Waals surface area contributed by atoms with Crippen molar-refractivity contribution in [1.82, 2.24) is 0 Å². The van der Waals surface area contributed by atoms with Gasteiger partial charge in [0.25, 0.3) is 0 Å². The van der Waals surface area contributed by atoms with Crippen LogP contribution in [0.3, 0.4) is 0 Å². The van der Waals surface area contributed by atoms with E-state index in [9.17, 15) is 4.79 Å². The summed E-state index contributed by atoms with van der Waals surface area (Å²) in [5.74, 6) is -0.336. The second-order valence-corrected chi connectivity index (χ2v) is 5.09. The minimum absolute atomic E-state index is 0.336.